The van der Waals surface area contributed by atoms with Crippen LogP contribution in [0.1, 0.15) is 66.0 Å². The number of halogens is 2. The third-order valence-corrected chi connectivity index (χ3v) is 5.01. The minimum Gasteiger partial charge on any atom is -0.492 e. The predicted molar refractivity (Wildman–Crippen MR) is 115 cm³/mol. The highest BCUT2D eigenvalue weighted by Gasteiger charge is 2.33. The maximum absolute atomic E-state index is 15.0. The van der Waals surface area contributed by atoms with Gasteiger partial charge in [0.15, 0.2) is 5.75 Å². The van der Waals surface area contributed by atoms with Crippen molar-refractivity contribution in [1.82, 2.24) is 0 Å². The van der Waals surface area contributed by atoms with Crippen LogP contribution in [0.2, 0.25) is 5.02 Å². The SMILES string of the molecule is CCOC(=O)C(F)=C(CC)c1cc2c(c(Cl)c1OCC)OC(C)(C)C=C2C(C)C. The molecule has 0 N–H and O–H groups in total. The van der Waals surface area contributed by atoms with Gasteiger partial charge >= 0.3 is 5.97 Å². The Labute approximate surface area is 177 Å². The van der Waals surface area contributed by atoms with Crippen molar-refractivity contribution in [2.45, 2.75) is 60.5 Å². The Morgan fingerprint density at radius 3 is 2.41 bits per heavy atom. The molecule has 0 fully saturated rings. The molecule has 29 heavy (non-hydrogen) atoms. The smallest absolute Gasteiger partial charge is 0.367 e. The zero-order valence-corrected chi connectivity index (χ0v) is 19.0. The van der Waals surface area contributed by atoms with Gasteiger partial charge < -0.3 is 14.2 Å². The van der Waals surface area contributed by atoms with Gasteiger partial charge in [-0.2, -0.15) is 4.39 Å². The van der Waals surface area contributed by atoms with Crippen molar-refractivity contribution in [3.05, 3.63) is 34.1 Å². The Kier molecular flexibility index (Phi) is 7.39. The predicted octanol–water partition coefficient (Wildman–Crippen LogP) is 6.60. The minimum atomic E-state index is -0.988. The van der Waals surface area contributed by atoms with Crippen LogP contribution in [0.15, 0.2) is 18.0 Å². The number of esters is 1. The first kappa shape index (κ1) is 23.3. The number of allylic oxidation sites excluding steroid dienone is 2. The zero-order chi connectivity index (χ0) is 21.9. The van der Waals surface area contributed by atoms with Crippen LogP contribution in [0.3, 0.4) is 0 Å². The van der Waals surface area contributed by atoms with E-state index in [0.29, 0.717) is 23.7 Å². The molecule has 1 aliphatic rings. The van der Waals surface area contributed by atoms with Crippen molar-refractivity contribution in [3.8, 4) is 11.5 Å². The molecule has 1 heterocycles. The van der Waals surface area contributed by atoms with Crippen LogP contribution in [0.4, 0.5) is 4.39 Å². The molecule has 1 aromatic rings. The van der Waals surface area contributed by atoms with E-state index in [1.54, 1.807) is 13.8 Å². The molecule has 0 radical (unpaired) electrons. The van der Waals surface area contributed by atoms with Crippen molar-refractivity contribution in [2.24, 2.45) is 5.92 Å². The fourth-order valence-corrected chi connectivity index (χ4v) is 3.74. The van der Waals surface area contributed by atoms with E-state index >= 15 is 0 Å². The van der Waals surface area contributed by atoms with E-state index < -0.39 is 17.4 Å². The molecule has 6 heteroatoms. The number of carbonyl (C=O) groups is 1. The molecule has 0 atom stereocenters. The van der Waals surface area contributed by atoms with Crippen LogP contribution < -0.4 is 9.47 Å². The largest absolute Gasteiger partial charge is 0.492 e. The maximum atomic E-state index is 15.0. The lowest BCUT2D eigenvalue weighted by Gasteiger charge is -2.34. The lowest BCUT2D eigenvalue weighted by Crippen LogP contribution is -2.30. The van der Waals surface area contributed by atoms with Gasteiger partial charge in [0.1, 0.15) is 16.4 Å². The molecule has 0 saturated carbocycles. The quantitative estimate of drug-likeness (QED) is 0.365. The van der Waals surface area contributed by atoms with Crippen LogP contribution in [0, 0.1) is 5.92 Å². The Morgan fingerprint density at radius 2 is 1.90 bits per heavy atom. The Balaban J connectivity index is 2.84. The zero-order valence-electron chi connectivity index (χ0n) is 18.2. The molecule has 1 aromatic carbocycles. The van der Waals surface area contributed by atoms with E-state index in [-0.39, 0.29) is 29.5 Å². The second-order valence-electron chi connectivity index (χ2n) is 7.70. The van der Waals surface area contributed by atoms with E-state index in [2.05, 4.69) is 19.9 Å². The molecule has 0 aliphatic carbocycles. The number of fused-ring (bicyclic) bond motifs is 1. The number of benzene rings is 1. The summed E-state index contributed by atoms with van der Waals surface area (Å²) < 4.78 is 31.7. The molecule has 0 amide bonds. The molecule has 0 bridgehead atoms. The summed E-state index contributed by atoms with van der Waals surface area (Å²) in [5.74, 6) is -0.897. The molecular formula is C23H30ClFO4. The van der Waals surface area contributed by atoms with Crippen LogP contribution in [0.25, 0.3) is 11.1 Å². The lowest BCUT2D eigenvalue weighted by atomic mass is 9.85. The van der Waals surface area contributed by atoms with Crippen molar-refractivity contribution in [3.63, 3.8) is 0 Å². The molecule has 0 spiro atoms. The topological polar surface area (TPSA) is 44.8 Å². The summed E-state index contributed by atoms with van der Waals surface area (Å²) in [4.78, 5) is 12.1. The van der Waals surface area contributed by atoms with Gasteiger partial charge in [0.05, 0.1) is 13.2 Å². The van der Waals surface area contributed by atoms with Crippen molar-refractivity contribution in [1.29, 1.82) is 0 Å². The number of carbonyl (C=O) groups excluding carboxylic acids is 1. The van der Waals surface area contributed by atoms with E-state index in [1.165, 1.54) is 0 Å². The summed E-state index contributed by atoms with van der Waals surface area (Å²) in [6, 6.07) is 1.81. The van der Waals surface area contributed by atoms with Crippen LogP contribution in [-0.4, -0.2) is 24.8 Å². The summed E-state index contributed by atoms with van der Waals surface area (Å²) in [6.45, 7) is 13.7. The first-order valence-electron chi connectivity index (χ1n) is 10.0. The standard InChI is InChI=1S/C23H30ClFO4/c1-8-14(19(25)22(26)28-10-3)15-11-16-17(13(4)5)12-23(6,7)29-21(16)18(24)20(15)27-9-2/h11-13H,8-10H2,1-7H3. The van der Waals surface area contributed by atoms with E-state index in [0.717, 1.165) is 11.1 Å². The molecule has 160 valence electrons. The molecule has 1 aliphatic heterocycles. The van der Waals surface area contributed by atoms with E-state index in [4.69, 9.17) is 25.8 Å². The third-order valence-electron chi connectivity index (χ3n) is 4.66. The first-order chi connectivity index (χ1) is 13.6. The normalized spacial score (nSPS) is 15.9. The first-order valence-corrected chi connectivity index (χ1v) is 10.4. The Hall–Kier alpha value is -2.01. The summed E-state index contributed by atoms with van der Waals surface area (Å²) in [6.07, 6.45) is 2.32. The molecule has 0 unspecified atom stereocenters. The number of hydrogen-bond acceptors (Lipinski definition) is 4. The van der Waals surface area contributed by atoms with Crippen molar-refractivity contribution >= 4 is 28.7 Å². The lowest BCUT2D eigenvalue weighted by molar-refractivity contribution is -0.140. The van der Waals surface area contributed by atoms with Gasteiger partial charge in [-0.1, -0.05) is 32.4 Å². The third kappa shape index (κ3) is 4.77. The Bertz CT molecular complexity index is 853. The van der Waals surface area contributed by atoms with Crippen molar-refractivity contribution < 1.29 is 23.4 Å². The molecule has 0 saturated heterocycles. The van der Waals surface area contributed by atoms with Gasteiger partial charge in [-0.15, -0.1) is 0 Å². The minimum absolute atomic E-state index is 0.0929. The van der Waals surface area contributed by atoms with Gasteiger partial charge in [-0.05, 0) is 57.7 Å². The highest BCUT2D eigenvalue weighted by Crippen LogP contribution is 2.50. The highest BCUT2D eigenvalue weighted by molar-refractivity contribution is 6.34. The molecule has 4 nitrogen and oxygen atoms in total. The van der Waals surface area contributed by atoms with Gasteiger partial charge in [0, 0.05) is 16.7 Å². The average molecular weight is 425 g/mol. The van der Waals surface area contributed by atoms with E-state index in [9.17, 15) is 9.18 Å². The van der Waals surface area contributed by atoms with Crippen LogP contribution >= 0.6 is 11.6 Å². The average Bonchev–Trinajstić information content (AvgIpc) is 2.64. The second kappa shape index (κ2) is 9.21. The van der Waals surface area contributed by atoms with E-state index in [1.807, 2.05) is 26.8 Å². The van der Waals surface area contributed by atoms with Gasteiger partial charge in [-0.25, -0.2) is 4.79 Å². The van der Waals surface area contributed by atoms with Crippen LogP contribution in [-0.2, 0) is 9.53 Å². The number of rotatable bonds is 7. The summed E-state index contributed by atoms with van der Waals surface area (Å²) in [7, 11) is 0. The summed E-state index contributed by atoms with van der Waals surface area (Å²) in [5, 5.41) is 0.279. The van der Waals surface area contributed by atoms with Crippen LogP contribution in [0.5, 0.6) is 11.5 Å². The van der Waals surface area contributed by atoms with Gasteiger partial charge in [-0.3, -0.25) is 0 Å². The monoisotopic (exact) mass is 424 g/mol. The highest BCUT2D eigenvalue weighted by atomic mass is 35.5. The summed E-state index contributed by atoms with van der Waals surface area (Å²) in [5.41, 5.74) is 1.93. The molecule has 0 aromatic heterocycles. The maximum Gasteiger partial charge on any atom is 0.367 e. The van der Waals surface area contributed by atoms with Crippen molar-refractivity contribution in [2.75, 3.05) is 13.2 Å². The number of hydrogen-bond donors (Lipinski definition) is 0. The Morgan fingerprint density at radius 1 is 1.24 bits per heavy atom. The fourth-order valence-electron chi connectivity index (χ4n) is 3.44. The molecule has 2 rings (SSSR count). The second-order valence-corrected chi connectivity index (χ2v) is 8.08. The summed E-state index contributed by atoms with van der Waals surface area (Å²) >= 11 is 6.72. The fraction of sp³-hybridized carbons (Fsp3) is 0.522. The molecular weight excluding hydrogens is 395 g/mol. The van der Waals surface area contributed by atoms with Gasteiger partial charge in [0.2, 0.25) is 5.83 Å². The number of ether oxygens (including phenoxy) is 3. The van der Waals surface area contributed by atoms with Gasteiger partial charge in [0.25, 0.3) is 0 Å².